The van der Waals surface area contributed by atoms with Crippen LogP contribution < -0.4 is 0 Å². The lowest BCUT2D eigenvalue weighted by Crippen LogP contribution is -1.87. The fraction of sp³-hybridized carbons (Fsp3) is 0.250. The Morgan fingerprint density at radius 1 is 1.45 bits per heavy atom. The van der Waals surface area contributed by atoms with Crippen molar-refractivity contribution in [2.75, 3.05) is 5.75 Å². The van der Waals surface area contributed by atoms with Crippen LogP contribution in [0, 0.1) is 0 Å². The van der Waals surface area contributed by atoms with Crippen molar-refractivity contribution < 1.29 is 5.11 Å². The second kappa shape index (κ2) is 4.02. The Hall–Kier alpha value is -0.150. The molecule has 60 valence electrons. The summed E-state index contributed by atoms with van der Waals surface area (Å²) in [5.74, 6) is 1.09. The van der Waals surface area contributed by atoms with E-state index in [0.29, 0.717) is 5.75 Å². The Morgan fingerprint density at radius 3 is 2.82 bits per heavy atom. The van der Waals surface area contributed by atoms with E-state index < -0.39 is 0 Å². The summed E-state index contributed by atoms with van der Waals surface area (Å²) < 4.78 is 0.786. The first-order valence-electron chi connectivity index (χ1n) is 3.33. The SMILES string of the molecule is Oc1cccc(CCS)c1Br. The van der Waals surface area contributed by atoms with Crippen LogP contribution in [0.15, 0.2) is 22.7 Å². The van der Waals surface area contributed by atoms with E-state index in [-0.39, 0.29) is 0 Å². The second-order valence-corrected chi connectivity index (χ2v) is 3.46. The number of phenols is 1. The first-order valence-corrected chi connectivity index (χ1v) is 4.75. The lowest BCUT2D eigenvalue weighted by molar-refractivity contribution is 0.471. The summed E-state index contributed by atoms with van der Waals surface area (Å²) in [5.41, 5.74) is 1.10. The zero-order valence-electron chi connectivity index (χ0n) is 5.92. The molecule has 0 spiro atoms. The molecule has 11 heavy (non-hydrogen) atoms. The highest BCUT2D eigenvalue weighted by Gasteiger charge is 2.01. The molecule has 0 bridgehead atoms. The number of halogens is 1. The summed E-state index contributed by atoms with van der Waals surface area (Å²) in [6.07, 6.45) is 0.873. The van der Waals surface area contributed by atoms with Crippen LogP contribution >= 0.6 is 28.6 Å². The van der Waals surface area contributed by atoms with E-state index in [0.717, 1.165) is 22.2 Å². The zero-order chi connectivity index (χ0) is 8.27. The molecule has 0 aliphatic carbocycles. The van der Waals surface area contributed by atoms with Crippen LogP contribution in [0.3, 0.4) is 0 Å². The predicted octanol–water partition coefficient (Wildman–Crippen LogP) is 2.63. The largest absolute Gasteiger partial charge is 0.507 e. The van der Waals surface area contributed by atoms with Crippen LogP contribution in [0.5, 0.6) is 5.75 Å². The lowest BCUT2D eigenvalue weighted by atomic mass is 10.2. The minimum atomic E-state index is 0.296. The van der Waals surface area contributed by atoms with Gasteiger partial charge in [-0.1, -0.05) is 12.1 Å². The summed E-state index contributed by atoms with van der Waals surface area (Å²) in [6.45, 7) is 0. The van der Waals surface area contributed by atoms with E-state index in [1.165, 1.54) is 0 Å². The number of aromatic hydroxyl groups is 1. The van der Waals surface area contributed by atoms with Crippen molar-refractivity contribution in [3.05, 3.63) is 28.2 Å². The molecule has 0 saturated heterocycles. The lowest BCUT2D eigenvalue weighted by Gasteiger charge is -2.02. The van der Waals surface area contributed by atoms with Gasteiger partial charge < -0.3 is 5.11 Å². The molecule has 1 aromatic rings. The van der Waals surface area contributed by atoms with Gasteiger partial charge >= 0.3 is 0 Å². The van der Waals surface area contributed by atoms with Crippen LogP contribution in [-0.4, -0.2) is 10.9 Å². The van der Waals surface area contributed by atoms with Gasteiger partial charge in [0, 0.05) is 0 Å². The smallest absolute Gasteiger partial charge is 0.130 e. The molecule has 1 N–H and O–H groups in total. The third kappa shape index (κ3) is 2.14. The first kappa shape index (κ1) is 8.94. The van der Waals surface area contributed by atoms with Gasteiger partial charge in [-0.25, -0.2) is 0 Å². The molecule has 0 radical (unpaired) electrons. The van der Waals surface area contributed by atoms with Crippen molar-refractivity contribution in [3.63, 3.8) is 0 Å². The van der Waals surface area contributed by atoms with Crippen molar-refractivity contribution in [2.24, 2.45) is 0 Å². The first-order chi connectivity index (χ1) is 5.25. The van der Waals surface area contributed by atoms with Gasteiger partial charge in [-0.05, 0) is 39.7 Å². The van der Waals surface area contributed by atoms with Crippen molar-refractivity contribution in [3.8, 4) is 5.75 Å². The zero-order valence-corrected chi connectivity index (χ0v) is 8.40. The maximum atomic E-state index is 9.25. The van der Waals surface area contributed by atoms with Gasteiger partial charge in [0.05, 0.1) is 4.47 Å². The van der Waals surface area contributed by atoms with Crippen molar-refractivity contribution in [2.45, 2.75) is 6.42 Å². The van der Waals surface area contributed by atoms with E-state index in [1.54, 1.807) is 6.07 Å². The maximum Gasteiger partial charge on any atom is 0.130 e. The average Bonchev–Trinajstić information content (AvgIpc) is 1.99. The van der Waals surface area contributed by atoms with Crippen LogP contribution in [0.1, 0.15) is 5.56 Å². The highest BCUT2D eigenvalue weighted by Crippen LogP contribution is 2.27. The van der Waals surface area contributed by atoms with Gasteiger partial charge in [0.2, 0.25) is 0 Å². The molecule has 0 heterocycles. The number of rotatable bonds is 2. The molecule has 1 rings (SSSR count). The summed E-state index contributed by atoms with van der Waals surface area (Å²) in [4.78, 5) is 0. The van der Waals surface area contributed by atoms with Crippen LogP contribution in [-0.2, 0) is 6.42 Å². The standard InChI is InChI=1S/C8H9BrOS/c9-8-6(4-5-11)2-1-3-7(8)10/h1-3,10-11H,4-5H2. The van der Waals surface area contributed by atoms with Crippen LogP contribution in [0.25, 0.3) is 0 Å². The molecule has 0 unspecified atom stereocenters. The summed E-state index contributed by atoms with van der Waals surface area (Å²) in [5, 5.41) is 9.25. The summed E-state index contributed by atoms with van der Waals surface area (Å²) in [7, 11) is 0. The maximum absolute atomic E-state index is 9.25. The molecular formula is C8H9BrOS. The Labute approximate surface area is 80.0 Å². The van der Waals surface area contributed by atoms with E-state index in [9.17, 15) is 5.11 Å². The summed E-state index contributed by atoms with van der Waals surface area (Å²) >= 11 is 7.41. The van der Waals surface area contributed by atoms with Gasteiger partial charge in [-0.2, -0.15) is 12.6 Å². The minimum Gasteiger partial charge on any atom is -0.507 e. The van der Waals surface area contributed by atoms with Gasteiger partial charge in [-0.15, -0.1) is 0 Å². The Bertz CT molecular complexity index is 250. The quantitative estimate of drug-likeness (QED) is 0.752. The Balaban J connectivity index is 2.96. The van der Waals surface area contributed by atoms with Gasteiger partial charge in [0.25, 0.3) is 0 Å². The highest BCUT2D eigenvalue weighted by atomic mass is 79.9. The van der Waals surface area contributed by atoms with E-state index in [4.69, 9.17) is 0 Å². The van der Waals surface area contributed by atoms with Crippen molar-refractivity contribution in [1.29, 1.82) is 0 Å². The van der Waals surface area contributed by atoms with E-state index in [2.05, 4.69) is 28.6 Å². The minimum absolute atomic E-state index is 0.296. The number of hydrogen-bond donors (Lipinski definition) is 2. The topological polar surface area (TPSA) is 20.2 Å². The molecule has 0 fully saturated rings. The van der Waals surface area contributed by atoms with Crippen molar-refractivity contribution in [1.82, 2.24) is 0 Å². The molecule has 0 saturated carbocycles. The number of phenolic OH excluding ortho intramolecular Hbond substituents is 1. The highest BCUT2D eigenvalue weighted by molar-refractivity contribution is 9.10. The molecular weight excluding hydrogens is 224 g/mol. The summed E-state index contributed by atoms with van der Waals surface area (Å²) in [6, 6.07) is 5.46. The van der Waals surface area contributed by atoms with Gasteiger partial charge in [0.15, 0.2) is 0 Å². The van der Waals surface area contributed by atoms with E-state index >= 15 is 0 Å². The molecule has 1 aromatic carbocycles. The normalized spacial score (nSPS) is 10.0. The molecule has 3 heteroatoms. The Kier molecular flexibility index (Phi) is 3.27. The van der Waals surface area contributed by atoms with Crippen LogP contribution in [0.4, 0.5) is 0 Å². The number of benzene rings is 1. The molecule has 1 nitrogen and oxygen atoms in total. The fourth-order valence-electron chi connectivity index (χ4n) is 0.880. The third-order valence-corrected chi connectivity index (χ3v) is 2.58. The molecule has 0 amide bonds. The monoisotopic (exact) mass is 232 g/mol. The molecule has 0 aliphatic rings. The number of hydrogen-bond acceptors (Lipinski definition) is 2. The van der Waals surface area contributed by atoms with Gasteiger partial charge in [-0.3, -0.25) is 0 Å². The molecule has 0 aromatic heterocycles. The van der Waals surface area contributed by atoms with Crippen molar-refractivity contribution >= 4 is 28.6 Å². The fourth-order valence-corrected chi connectivity index (χ4v) is 1.58. The second-order valence-electron chi connectivity index (χ2n) is 2.22. The third-order valence-electron chi connectivity index (χ3n) is 1.44. The number of thiol groups is 1. The number of aryl methyl sites for hydroxylation is 1. The predicted molar refractivity (Wildman–Crippen MR) is 53.4 cm³/mol. The molecule has 0 aliphatic heterocycles. The Morgan fingerprint density at radius 2 is 2.18 bits per heavy atom. The van der Waals surface area contributed by atoms with E-state index in [1.807, 2.05) is 12.1 Å². The molecule has 0 atom stereocenters. The van der Waals surface area contributed by atoms with Gasteiger partial charge in [0.1, 0.15) is 5.75 Å². The van der Waals surface area contributed by atoms with Crippen LogP contribution in [0.2, 0.25) is 0 Å². The average molecular weight is 233 g/mol.